The standard InChI is InChI=1S/C27H29FN6O3S/c1-3-33-13-4-5-21(33)17-29-26(35)23-15-19(6-11-24(23)28)31-27-30-16-18-12-14-34(25(18)32-27)20-7-9-22(10-8-20)38(2,36)37/h6-12,14-16,21H,3-5,13,17H2,1-2H3,(H,29,35)(H,30,31,32). The smallest absolute Gasteiger partial charge is 0.254 e. The summed E-state index contributed by atoms with van der Waals surface area (Å²) in [5.41, 5.74) is 1.77. The Bertz CT molecular complexity index is 1590. The molecule has 5 rings (SSSR count). The largest absolute Gasteiger partial charge is 0.350 e. The first-order valence-electron chi connectivity index (χ1n) is 12.5. The van der Waals surface area contributed by atoms with Crippen molar-refractivity contribution < 1.29 is 17.6 Å². The highest BCUT2D eigenvalue weighted by Gasteiger charge is 2.24. The maximum Gasteiger partial charge on any atom is 0.254 e. The highest BCUT2D eigenvalue weighted by molar-refractivity contribution is 7.90. The zero-order valence-electron chi connectivity index (χ0n) is 21.2. The molecule has 1 aliphatic rings. The summed E-state index contributed by atoms with van der Waals surface area (Å²) in [6.45, 7) is 4.52. The Morgan fingerprint density at radius 2 is 1.95 bits per heavy atom. The Hall–Kier alpha value is -3.83. The number of carbonyl (C=O) groups excluding carboxylic acids is 1. The Balaban J connectivity index is 1.35. The minimum atomic E-state index is -3.30. The van der Waals surface area contributed by atoms with Gasteiger partial charge in [-0.2, -0.15) is 4.98 Å². The molecule has 1 fully saturated rings. The van der Waals surface area contributed by atoms with Crippen LogP contribution in [0.15, 0.2) is 65.8 Å². The lowest BCUT2D eigenvalue weighted by molar-refractivity contribution is 0.0937. The second-order valence-corrected chi connectivity index (χ2v) is 11.4. The average molecular weight is 537 g/mol. The minimum Gasteiger partial charge on any atom is -0.350 e. The fraction of sp³-hybridized carbons (Fsp3) is 0.296. The van der Waals surface area contributed by atoms with Gasteiger partial charge >= 0.3 is 0 Å². The number of hydrogen-bond acceptors (Lipinski definition) is 7. The van der Waals surface area contributed by atoms with Crippen LogP contribution in [0.3, 0.4) is 0 Å². The van der Waals surface area contributed by atoms with Gasteiger partial charge in [0.1, 0.15) is 11.5 Å². The summed E-state index contributed by atoms with van der Waals surface area (Å²) in [6, 6.07) is 12.9. The molecule has 2 aromatic carbocycles. The van der Waals surface area contributed by atoms with Crippen molar-refractivity contribution in [1.29, 1.82) is 0 Å². The fourth-order valence-corrected chi connectivity index (χ4v) is 5.43. The molecule has 2 aromatic heterocycles. The van der Waals surface area contributed by atoms with Crippen LogP contribution in [-0.4, -0.2) is 65.7 Å². The number of benzene rings is 2. The van der Waals surface area contributed by atoms with Crippen molar-refractivity contribution in [3.8, 4) is 5.69 Å². The molecule has 0 saturated carbocycles. The predicted octanol–water partition coefficient (Wildman–Crippen LogP) is 3.92. The van der Waals surface area contributed by atoms with E-state index in [2.05, 4.69) is 32.4 Å². The fourth-order valence-electron chi connectivity index (χ4n) is 4.80. The zero-order valence-corrected chi connectivity index (χ0v) is 22.0. The van der Waals surface area contributed by atoms with Crippen LogP contribution in [-0.2, 0) is 9.84 Å². The summed E-state index contributed by atoms with van der Waals surface area (Å²) in [4.78, 5) is 24.3. The van der Waals surface area contributed by atoms with Gasteiger partial charge in [-0.3, -0.25) is 9.69 Å². The third-order valence-electron chi connectivity index (χ3n) is 6.84. The first kappa shape index (κ1) is 25.8. The van der Waals surface area contributed by atoms with E-state index in [0.29, 0.717) is 17.9 Å². The molecule has 4 aromatic rings. The first-order valence-corrected chi connectivity index (χ1v) is 14.4. The van der Waals surface area contributed by atoms with Crippen LogP contribution in [0.4, 0.5) is 16.0 Å². The molecule has 1 amide bonds. The van der Waals surface area contributed by atoms with Crippen molar-refractivity contribution in [2.75, 3.05) is 31.2 Å². The van der Waals surface area contributed by atoms with Gasteiger partial charge in [0, 0.05) is 48.0 Å². The SMILES string of the molecule is CCN1CCCC1CNC(=O)c1cc(Nc2ncc3ccn(-c4ccc(S(C)(=O)=O)cc4)c3n2)ccc1F. The molecule has 0 aliphatic carbocycles. The third kappa shape index (κ3) is 5.39. The molecule has 0 radical (unpaired) electrons. The van der Waals surface area contributed by atoms with E-state index in [1.165, 1.54) is 18.2 Å². The molecule has 3 heterocycles. The van der Waals surface area contributed by atoms with Crippen molar-refractivity contribution in [2.24, 2.45) is 0 Å². The van der Waals surface area contributed by atoms with Crippen LogP contribution in [0.1, 0.15) is 30.1 Å². The van der Waals surface area contributed by atoms with E-state index >= 15 is 0 Å². The van der Waals surface area contributed by atoms with E-state index in [0.717, 1.165) is 43.3 Å². The molecule has 198 valence electrons. The van der Waals surface area contributed by atoms with Crippen molar-refractivity contribution >= 4 is 38.4 Å². The number of hydrogen-bond donors (Lipinski definition) is 2. The number of likely N-dealkylation sites (tertiary alicyclic amines) is 1. The number of carbonyl (C=O) groups is 1. The molecule has 38 heavy (non-hydrogen) atoms. The monoisotopic (exact) mass is 536 g/mol. The van der Waals surface area contributed by atoms with E-state index in [1.807, 2.05) is 16.8 Å². The van der Waals surface area contributed by atoms with Crippen LogP contribution in [0.5, 0.6) is 0 Å². The lowest BCUT2D eigenvalue weighted by Crippen LogP contribution is -2.40. The molecular formula is C27H29FN6O3S. The van der Waals surface area contributed by atoms with E-state index in [4.69, 9.17) is 0 Å². The molecule has 1 saturated heterocycles. The summed E-state index contributed by atoms with van der Waals surface area (Å²) in [7, 11) is -3.30. The Morgan fingerprint density at radius 1 is 1.16 bits per heavy atom. The second-order valence-electron chi connectivity index (χ2n) is 9.38. The number of fused-ring (bicyclic) bond motifs is 1. The van der Waals surface area contributed by atoms with Crippen LogP contribution < -0.4 is 10.6 Å². The second kappa shape index (κ2) is 10.5. The topological polar surface area (TPSA) is 109 Å². The molecule has 1 unspecified atom stereocenters. The van der Waals surface area contributed by atoms with E-state index in [1.54, 1.807) is 30.5 Å². The normalized spacial score (nSPS) is 16.1. The number of halogens is 1. The maximum absolute atomic E-state index is 14.5. The third-order valence-corrected chi connectivity index (χ3v) is 7.97. The molecule has 1 aliphatic heterocycles. The zero-order chi connectivity index (χ0) is 26.9. The summed E-state index contributed by atoms with van der Waals surface area (Å²) in [5.74, 6) is -0.792. The van der Waals surface area contributed by atoms with Crippen molar-refractivity contribution in [3.05, 3.63) is 72.3 Å². The van der Waals surface area contributed by atoms with Gasteiger partial charge in [0.2, 0.25) is 5.95 Å². The highest BCUT2D eigenvalue weighted by atomic mass is 32.2. The summed E-state index contributed by atoms with van der Waals surface area (Å²) < 4.78 is 39.9. The van der Waals surface area contributed by atoms with Gasteiger partial charge in [0.25, 0.3) is 5.91 Å². The number of anilines is 2. The first-order chi connectivity index (χ1) is 18.2. The number of sulfone groups is 1. The van der Waals surface area contributed by atoms with Crippen LogP contribution in [0.2, 0.25) is 0 Å². The van der Waals surface area contributed by atoms with Gasteiger partial charge in [-0.1, -0.05) is 6.92 Å². The molecule has 0 spiro atoms. The lowest BCUT2D eigenvalue weighted by atomic mass is 10.1. The van der Waals surface area contributed by atoms with Gasteiger partial charge in [-0.15, -0.1) is 0 Å². The Morgan fingerprint density at radius 3 is 2.68 bits per heavy atom. The van der Waals surface area contributed by atoms with Crippen LogP contribution in [0.25, 0.3) is 16.7 Å². The van der Waals surface area contributed by atoms with E-state index in [-0.39, 0.29) is 22.4 Å². The van der Waals surface area contributed by atoms with Crippen molar-refractivity contribution in [2.45, 2.75) is 30.7 Å². The molecule has 1 atom stereocenters. The summed E-state index contributed by atoms with van der Waals surface area (Å²) >= 11 is 0. The number of amides is 1. The van der Waals surface area contributed by atoms with Crippen LogP contribution in [0, 0.1) is 5.82 Å². The number of nitrogens with zero attached hydrogens (tertiary/aromatic N) is 4. The lowest BCUT2D eigenvalue weighted by Gasteiger charge is -2.23. The van der Waals surface area contributed by atoms with E-state index in [9.17, 15) is 17.6 Å². The molecule has 11 heteroatoms. The van der Waals surface area contributed by atoms with Crippen molar-refractivity contribution in [1.82, 2.24) is 24.8 Å². The summed E-state index contributed by atoms with van der Waals surface area (Å²) in [5, 5.41) is 6.72. The number of likely N-dealkylation sites (N-methyl/N-ethyl adjacent to an activating group) is 1. The van der Waals surface area contributed by atoms with Gasteiger partial charge in [0.05, 0.1) is 10.5 Å². The quantitative estimate of drug-likeness (QED) is 0.351. The van der Waals surface area contributed by atoms with Gasteiger partial charge in [-0.05, 0) is 74.5 Å². The Labute approximate surface area is 220 Å². The van der Waals surface area contributed by atoms with Gasteiger partial charge in [-0.25, -0.2) is 17.8 Å². The highest BCUT2D eigenvalue weighted by Crippen LogP contribution is 2.23. The summed E-state index contributed by atoms with van der Waals surface area (Å²) in [6.07, 6.45) is 6.76. The minimum absolute atomic E-state index is 0.0496. The van der Waals surface area contributed by atoms with Gasteiger partial charge < -0.3 is 15.2 Å². The predicted molar refractivity (Wildman–Crippen MR) is 144 cm³/mol. The average Bonchev–Trinajstić information content (AvgIpc) is 3.54. The number of nitrogens with one attached hydrogen (secondary N) is 2. The molecule has 9 nitrogen and oxygen atoms in total. The molecule has 0 bridgehead atoms. The number of rotatable bonds is 8. The molecular weight excluding hydrogens is 507 g/mol. The van der Waals surface area contributed by atoms with E-state index < -0.39 is 21.6 Å². The Kier molecular flexibility index (Phi) is 7.13. The van der Waals surface area contributed by atoms with Gasteiger partial charge in [0.15, 0.2) is 9.84 Å². The van der Waals surface area contributed by atoms with Crippen LogP contribution >= 0.6 is 0 Å². The molecule has 2 N–H and O–H groups in total. The van der Waals surface area contributed by atoms with Crippen molar-refractivity contribution in [3.63, 3.8) is 0 Å². The number of aromatic nitrogens is 3. The maximum atomic E-state index is 14.5.